The molecule has 7 heteroatoms. The number of pyridine rings is 1. The number of aromatic amines is 1. The molecule has 1 aromatic heterocycles. The highest BCUT2D eigenvalue weighted by Gasteiger charge is 2.17. The zero-order valence-corrected chi connectivity index (χ0v) is 14.9. The predicted octanol–water partition coefficient (Wildman–Crippen LogP) is 2.23. The number of nitrogens with zero attached hydrogens (tertiary/aromatic N) is 1. The summed E-state index contributed by atoms with van der Waals surface area (Å²) < 4.78 is 27.2. The third kappa shape index (κ3) is 3.67. The quantitative estimate of drug-likeness (QED) is 0.722. The molecule has 0 aliphatic rings. The van der Waals surface area contributed by atoms with Gasteiger partial charge in [-0.25, -0.2) is 13.1 Å². The fourth-order valence-electron chi connectivity index (χ4n) is 2.75. The Kier molecular flexibility index (Phi) is 4.89. The summed E-state index contributed by atoms with van der Waals surface area (Å²) in [5.74, 6) is 0. The van der Waals surface area contributed by atoms with Crippen LogP contribution in [0.4, 0.5) is 0 Å². The average molecular weight is 367 g/mol. The molecule has 0 bridgehead atoms. The Balaban J connectivity index is 1.79. The van der Waals surface area contributed by atoms with Gasteiger partial charge in [-0.2, -0.15) is 5.26 Å². The zero-order chi connectivity index (χ0) is 18.7. The monoisotopic (exact) mass is 367 g/mol. The van der Waals surface area contributed by atoms with Gasteiger partial charge in [0.15, 0.2) is 0 Å². The molecule has 0 radical (unpaired) electrons. The fourth-order valence-corrected chi connectivity index (χ4v) is 3.94. The van der Waals surface area contributed by atoms with Gasteiger partial charge in [-0.05, 0) is 49.1 Å². The van der Waals surface area contributed by atoms with Crippen molar-refractivity contribution in [2.75, 3.05) is 6.54 Å². The maximum atomic E-state index is 12.4. The number of aromatic nitrogens is 1. The second kappa shape index (κ2) is 7.12. The highest BCUT2D eigenvalue weighted by molar-refractivity contribution is 7.89. The van der Waals surface area contributed by atoms with Crippen molar-refractivity contribution in [2.24, 2.45) is 0 Å². The predicted molar refractivity (Wildman–Crippen MR) is 99.4 cm³/mol. The van der Waals surface area contributed by atoms with Crippen molar-refractivity contribution in [2.45, 2.75) is 18.2 Å². The maximum absolute atomic E-state index is 12.4. The summed E-state index contributed by atoms with van der Waals surface area (Å²) in [4.78, 5) is 14.9. The minimum Gasteiger partial charge on any atom is -0.322 e. The van der Waals surface area contributed by atoms with Gasteiger partial charge < -0.3 is 4.98 Å². The molecule has 0 spiro atoms. The zero-order valence-electron chi connectivity index (χ0n) is 14.1. The van der Waals surface area contributed by atoms with Crippen LogP contribution in [0.5, 0.6) is 0 Å². The first-order chi connectivity index (χ1) is 12.4. The first-order valence-electron chi connectivity index (χ1n) is 8.02. The SMILES string of the molecule is Cc1ccc2[nH]c(=O)c(CCNS(=O)(=O)c3ccccc3C#N)cc2c1. The molecule has 0 aliphatic heterocycles. The second-order valence-electron chi connectivity index (χ2n) is 5.97. The van der Waals surface area contributed by atoms with Crippen molar-refractivity contribution in [1.82, 2.24) is 9.71 Å². The number of nitriles is 1. The lowest BCUT2D eigenvalue weighted by atomic mass is 10.1. The number of hydrogen-bond acceptors (Lipinski definition) is 4. The molecule has 2 aromatic carbocycles. The van der Waals surface area contributed by atoms with Gasteiger partial charge in [0.05, 0.1) is 10.5 Å². The molecule has 1 heterocycles. The van der Waals surface area contributed by atoms with Gasteiger partial charge in [0.2, 0.25) is 10.0 Å². The third-order valence-electron chi connectivity index (χ3n) is 4.06. The highest BCUT2D eigenvalue weighted by Crippen LogP contribution is 2.15. The van der Waals surface area contributed by atoms with E-state index in [1.807, 2.05) is 31.2 Å². The number of benzene rings is 2. The number of H-pyrrole nitrogens is 1. The van der Waals surface area contributed by atoms with E-state index in [1.165, 1.54) is 12.1 Å². The lowest BCUT2D eigenvalue weighted by Gasteiger charge is -2.08. The molecule has 0 fully saturated rings. The normalized spacial score (nSPS) is 11.4. The molecule has 0 amide bonds. The van der Waals surface area contributed by atoms with E-state index >= 15 is 0 Å². The van der Waals surface area contributed by atoms with Crippen molar-refractivity contribution in [3.63, 3.8) is 0 Å². The van der Waals surface area contributed by atoms with Crippen LogP contribution in [0, 0.1) is 18.3 Å². The van der Waals surface area contributed by atoms with E-state index in [4.69, 9.17) is 5.26 Å². The molecule has 0 aliphatic carbocycles. The average Bonchev–Trinajstić information content (AvgIpc) is 2.62. The Morgan fingerprint density at radius 1 is 1.15 bits per heavy atom. The van der Waals surface area contributed by atoms with Crippen LogP contribution in [0.15, 0.2) is 58.2 Å². The van der Waals surface area contributed by atoms with Gasteiger partial charge in [0.1, 0.15) is 6.07 Å². The number of hydrogen-bond donors (Lipinski definition) is 2. The molecule has 3 aromatic rings. The molecular weight excluding hydrogens is 350 g/mol. The summed E-state index contributed by atoms with van der Waals surface area (Å²) in [5, 5.41) is 9.96. The molecule has 6 nitrogen and oxygen atoms in total. The minimum absolute atomic E-state index is 0.0580. The lowest BCUT2D eigenvalue weighted by Crippen LogP contribution is -2.28. The summed E-state index contributed by atoms with van der Waals surface area (Å²) >= 11 is 0. The van der Waals surface area contributed by atoms with Crippen LogP contribution >= 0.6 is 0 Å². The van der Waals surface area contributed by atoms with Gasteiger partial charge in [0.25, 0.3) is 5.56 Å². The standard InChI is InChI=1S/C19H17N3O3S/c1-13-6-7-17-16(10-13)11-14(19(23)22-17)8-9-21-26(24,25)18-5-3-2-4-15(18)12-20/h2-7,10-11,21H,8-9H2,1H3,(H,22,23). The van der Waals surface area contributed by atoms with E-state index in [9.17, 15) is 13.2 Å². The second-order valence-corrected chi connectivity index (χ2v) is 7.71. The molecular formula is C19H17N3O3S. The summed E-state index contributed by atoms with van der Waals surface area (Å²) in [6.07, 6.45) is 0.243. The molecule has 0 saturated heterocycles. The summed E-state index contributed by atoms with van der Waals surface area (Å²) in [6, 6.07) is 15.4. The van der Waals surface area contributed by atoms with Crippen LogP contribution in [-0.2, 0) is 16.4 Å². The molecule has 0 unspecified atom stereocenters. The molecule has 2 N–H and O–H groups in total. The fraction of sp³-hybridized carbons (Fsp3) is 0.158. The molecule has 26 heavy (non-hydrogen) atoms. The van der Waals surface area contributed by atoms with Crippen molar-refractivity contribution in [3.8, 4) is 6.07 Å². The van der Waals surface area contributed by atoms with E-state index in [2.05, 4.69) is 9.71 Å². The number of rotatable bonds is 5. The van der Waals surface area contributed by atoms with Crippen LogP contribution < -0.4 is 10.3 Å². The Hall–Kier alpha value is -2.95. The van der Waals surface area contributed by atoms with Crippen molar-refractivity contribution in [3.05, 3.63) is 75.6 Å². The van der Waals surface area contributed by atoms with Gasteiger partial charge in [-0.1, -0.05) is 23.8 Å². The summed E-state index contributed by atoms with van der Waals surface area (Å²) in [7, 11) is -3.82. The number of nitrogens with one attached hydrogen (secondary N) is 2. The smallest absolute Gasteiger partial charge is 0.251 e. The van der Waals surface area contributed by atoms with E-state index in [0.717, 1.165) is 16.5 Å². The Morgan fingerprint density at radius 2 is 1.92 bits per heavy atom. The van der Waals surface area contributed by atoms with E-state index in [1.54, 1.807) is 18.2 Å². The first kappa shape index (κ1) is 17.9. The van der Waals surface area contributed by atoms with Crippen LogP contribution in [0.25, 0.3) is 10.9 Å². The van der Waals surface area contributed by atoms with Crippen molar-refractivity contribution in [1.29, 1.82) is 5.26 Å². The van der Waals surface area contributed by atoms with Gasteiger partial charge in [0, 0.05) is 17.6 Å². The Bertz CT molecular complexity index is 1170. The van der Waals surface area contributed by atoms with E-state index in [-0.39, 0.29) is 29.0 Å². The summed E-state index contributed by atoms with van der Waals surface area (Å²) in [6.45, 7) is 2.02. The third-order valence-corrected chi connectivity index (χ3v) is 5.58. The van der Waals surface area contributed by atoms with E-state index in [0.29, 0.717) is 5.56 Å². The van der Waals surface area contributed by atoms with Crippen molar-refractivity contribution < 1.29 is 8.42 Å². The van der Waals surface area contributed by atoms with Gasteiger partial charge in [-0.15, -0.1) is 0 Å². The van der Waals surface area contributed by atoms with Crippen LogP contribution in [0.2, 0.25) is 0 Å². The topological polar surface area (TPSA) is 103 Å². The molecule has 0 saturated carbocycles. The van der Waals surface area contributed by atoms with Gasteiger partial charge >= 0.3 is 0 Å². The van der Waals surface area contributed by atoms with E-state index < -0.39 is 10.0 Å². The largest absolute Gasteiger partial charge is 0.322 e. The summed E-state index contributed by atoms with van der Waals surface area (Å²) in [5.41, 5.74) is 2.16. The van der Waals surface area contributed by atoms with Crippen LogP contribution in [0.1, 0.15) is 16.7 Å². The first-order valence-corrected chi connectivity index (χ1v) is 9.50. The number of fused-ring (bicyclic) bond motifs is 1. The number of aryl methyl sites for hydroxylation is 1. The Morgan fingerprint density at radius 3 is 2.69 bits per heavy atom. The van der Waals surface area contributed by atoms with Gasteiger partial charge in [-0.3, -0.25) is 4.79 Å². The lowest BCUT2D eigenvalue weighted by molar-refractivity contribution is 0.581. The molecule has 132 valence electrons. The number of sulfonamides is 1. The Labute approximate surface area is 151 Å². The molecule has 3 rings (SSSR count). The highest BCUT2D eigenvalue weighted by atomic mass is 32.2. The van der Waals surface area contributed by atoms with Crippen molar-refractivity contribution >= 4 is 20.9 Å². The molecule has 0 atom stereocenters. The van der Waals surface area contributed by atoms with Crippen LogP contribution in [0.3, 0.4) is 0 Å². The van der Waals surface area contributed by atoms with Crippen LogP contribution in [-0.4, -0.2) is 19.9 Å². The maximum Gasteiger partial charge on any atom is 0.251 e. The minimum atomic E-state index is -3.82.